The molecule has 2 aliphatic rings. The second-order valence-corrected chi connectivity index (χ2v) is 7.79. The second kappa shape index (κ2) is 6.06. The molecule has 2 N–H and O–H groups in total. The summed E-state index contributed by atoms with van der Waals surface area (Å²) in [6.45, 7) is 3.58. The first kappa shape index (κ1) is 15.0. The molecule has 1 aromatic heterocycles. The van der Waals surface area contributed by atoms with Crippen molar-refractivity contribution in [2.24, 2.45) is 0 Å². The number of aromatic amines is 1. The minimum absolute atomic E-state index is 0.0830. The number of sulfonamides is 1. The lowest BCUT2D eigenvalue weighted by Crippen LogP contribution is -2.52. The van der Waals surface area contributed by atoms with Crippen LogP contribution in [0.3, 0.4) is 0 Å². The summed E-state index contributed by atoms with van der Waals surface area (Å²) in [6, 6.07) is 0.383. The van der Waals surface area contributed by atoms with Crippen LogP contribution in [0.4, 0.5) is 0 Å². The first-order valence-corrected chi connectivity index (χ1v) is 9.36. The average Bonchev–Trinajstić information content (AvgIpc) is 3.18. The van der Waals surface area contributed by atoms with Gasteiger partial charge in [0.2, 0.25) is 0 Å². The number of imidazole rings is 1. The van der Waals surface area contributed by atoms with Crippen LogP contribution in [-0.2, 0) is 16.4 Å². The zero-order valence-electron chi connectivity index (χ0n) is 12.5. The van der Waals surface area contributed by atoms with Gasteiger partial charge in [0.15, 0.2) is 5.03 Å². The third kappa shape index (κ3) is 2.86. The Hall–Kier alpha value is -0.920. The van der Waals surface area contributed by atoms with Crippen molar-refractivity contribution in [3.63, 3.8) is 0 Å². The number of hydrogen-bond acceptors (Lipinski definition) is 4. The monoisotopic (exact) mass is 312 g/mol. The lowest BCUT2D eigenvalue weighted by atomic mass is 9.97. The Morgan fingerprint density at radius 3 is 2.86 bits per heavy atom. The fourth-order valence-corrected chi connectivity index (χ4v) is 5.12. The van der Waals surface area contributed by atoms with Gasteiger partial charge >= 0.3 is 0 Å². The smallest absolute Gasteiger partial charge is 0.260 e. The summed E-state index contributed by atoms with van der Waals surface area (Å²) in [5.41, 5.74) is 0. The lowest BCUT2D eigenvalue weighted by molar-refractivity contribution is 0.210. The summed E-state index contributed by atoms with van der Waals surface area (Å²) in [5.74, 6) is 0.723. The highest BCUT2D eigenvalue weighted by Crippen LogP contribution is 2.29. The summed E-state index contributed by atoms with van der Waals surface area (Å²) in [6.07, 6.45) is 7.38. The normalized spacial score (nSPS) is 28.0. The molecule has 0 bridgehead atoms. The first-order chi connectivity index (χ1) is 10.1. The van der Waals surface area contributed by atoms with Crippen molar-refractivity contribution in [1.29, 1.82) is 0 Å². The molecule has 118 valence electrons. The molecule has 2 saturated heterocycles. The fourth-order valence-electron chi connectivity index (χ4n) is 3.45. The predicted molar refractivity (Wildman–Crippen MR) is 80.5 cm³/mol. The van der Waals surface area contributed by atoms with Gasteiger partial charge in [-0.2, -0.15) is 4.31 Å². The van der Waals surface area contributed by atoms with Gasteiger partial charge in [0.1, 0.15) is 5.82 Å². The number of rotatable bonds is 4. The maximum Gasteiger partial charge on any atom is 0.260 e. The molecule has 0 amide bonds. The number of nitrogens with one attached hydrogen (secondary N) is 2. The van der Waals surface area contributed by atoms with E-state index in [9.17, 15) is 8.42 Å². The zero-order chi connectivity index (χ0) is 14.9. The third-order valence-electron chi connectivity index (χ3n) is 4.59. The molecule has 0 aromatic carbocycles. The van der Waals surface area contributed by atoms with Crippen LogP contribution in [0.15, 0.2) is 11.2 Å². The Bertz CT molecular complexity index is 578. The second-order valence-electron chi connectivity index (χ2n) is 5.93. The molecular weight excluding hydrogens is 288 g/mol. The summed E-state index contributed by atoms with van der Waals surface area (Å²) >= 11 is 0. The van der Waals surface area contributed by atoms with E-state index in [-0.39, 0.29) is 11.1 Å². The average molecular weight is 312 g/mol. The van der Waals surface area contributed by atoms with Gasteiger partial charge in [-0.3, -0.25) is 0 Å². The molecule has 2 unspecified atom stereocenters. The maximum atomic E-state index is 12.9. The summed E-state index contributed by atoms with van der Waals surface area (Å²) in [5, 5.41) is 3.70. The molecule has 0 aliphatic carbocycles. The van der Waals surface area contributed by atoms with Gasteiger partial charge in [-0.05, 0) is 32.2 Å². The van der Waals surface area contributed by atoms with Crippen molar-refractivity contribution < 1.29 is 8.42 Å². The van der Waals surface area contributed by atoms with Gasteiger partial charge in [-0.1, -0.05) is 13.3 Å². The maximum absolute atomic E-state index is 12.9. The van der Waals surface area contributed by atoms with Crippen LogP contribution in [0.25, 0.3) is 0 Å². The number of hydrogen-bond donors (Lipinski definition) is 2. The molecular formula is C14H24N4O2S. The van der Waals surface area contributed by atoms with Crippen molar-refractivity contribution in [3.05, 3.63) is 12.0 Å². The molecule has 2 atom stereocenters. The van der Waals surface area contributed by atoms with Gasteiger partial charge in [0.05, 0.1) is 6.20 Å². The molecule has 6 nitrogen and oxygen atoms in total. The number of aryl methyl sites for hydroxylation is 1. The number of nitrogens with zero attached hydrogens (tertiary/aromatic N) is 2. The van der Waals surface area contributed by atoms with Crippen LogP contribution in [0.5, 0.6) is 0 Å². The molecule has 0 radical (unpaired) electrons. The molecule has 0 spiro atoms. The first-order valence-electron chi connectivity index (χ1n) is 7.92. The standard InChI is InChI=1S/C14H24N4O2S/c1-2-13-16-10-14(17-13)21(19,20)18-9-4-3-7-12(18)11-6-5-8-15-11/h10-12,15H,2-9H2,1H3,(H,16,17). The van der Waals surface area contributed by atoms with E-state index in [4.69, 9.17) is 0 Å². The highest BCUT2D eigenvalue weighted by atomic mass is 32.2. The number of H-pyrrole nitrogens is 1. The van der Waals surface area contributed by atoms with E-state index in [0.29, 0.717) is 19.0 Å². The largest absolute Gasteiger partial charge is 0.332 e. The Morgan fingerprint density at radius 1 is 1.33 bits per heavy atom. The van der Waals surface area contributed by atoms with Crippen molar-refractivity contribution in [2.75, 3.05) is 13.1 Å². The summed E-state index contributed by atoms with van der Waals surface area (Å²) < 4.78 is 27.5. The van der Waals surface area contributed by atoms with Crippen LogP contribution in [-0.4, -0.2) is 47.9 Å². The lowest BCUT2D eigenvalue weighted by Gasteiger charge is -2.37. The minimum atomic E-state index is -3.46. The van der Waals surface area contributed by atoms with E-state index in [1.165, 1.54) is 6.20 Å². The van der Waals surface area contributed by atoms with E-state index in [1.807, 2.05) is 6.92 Å². The predicted octanol–water partition coefficient (Wildman–Crippen LogP) is 1.27. The third-order valence-corrected chi connectivity index (χ3v) is 6.42. The van der Waals surface area contributed by atoms with Crippen molar-refractivity contribution in [3.8, 4) is 0 Å². The van der Waals surface area contributed by atoms with Gasteiger partial charge in [-0.25, -0.2) is 13.4 Å². The van der Waals surface area contributed by atoms with Crippen molar-refractivity contribution >= 4 is 10.0 Å². The van der Waals surface area contributed by atoms with E-state index in [0.717, 1.165) is 44.5 Å². The Morgan fingerprint density at radius 2 is 2.19 bits per heavy atom. The molecule has 1 aromatic rings. The quantitative estimate of drug-likeness (QED) is 0.877. The van der Waals surface area contributed by atoms with Crippen LogP contribution < -0.4 is 5.32 Å². The fraction of sp³-hybridized carbons (Fsp3) is 0.786. The molecule has 0 saturated carbocycles. The number of aromatic nitrogens is 2. The van der Waals surface area contributed by atoms with Crippen LogP contribution in [0, 0.1) is 0 Å². The van der Waals surface area contributed by atoms with Gasteiger partial charge < -0.3 is 10.3 Å². The van der Waals surface area contributed by atoms with E-state index in [1.54, 1.807) is 4.31 Å². The SMILES string of the molecule is CCc1ncc(S(=O)(=O)N2CCCCC2C2CCCN2)[nH]1. The molecule has 3 rings (SSSR count). The molecule has 2 fully saturated rings. The Balaban J connectivity index is 1.87. The summed E-state index contributed by atoms with van der Waals surface area (Å²) in [4.78, 5) is 7.09. The van der Waals surface area contributed by atoms with Crippen LogP contribution >= 0.6 is 0 Å². The van der Waals surface area contributed by atoms with E-state index in [2.05, 4.69) is 15.3 Å². The van der Waals surface area contributed by atoms with E-state index >= 15 is 0 Å². The Kier molecular flexibility index (Phi) is 4.33. The van der Waals surface area contributed by atoms with Crippen LogP contribution in [0.2, 0.25) is 0 Å². The minimum Gasteiger partial charge on any atom is -0.332 e. The highest BCUT2D eigenvalue weighted by Gasteiger charge is 2.39. The van der Waals surface area contributed by atoms with Crippen molar-refractivity contribution in [1.82, 2.24) is 19.6 Å². The summed E-state index contributed by atoms with van der Waals surface area (Å²) in [7, 11) is -3.46. The molecule has 3 heterocycles. The highest BCUT2D eigenvalue weighted by molar-refractivity contribution is 7.89. The molecule has 7 heteroatoms. The van der Waals surface area contributed by atoms with Gasteiger partial charge in [0.25, 0.3) is 10.0 Å². The van der Waals surface area contributed by atoms with Gasteiger partial charge in [-0.15, -0.1) is 0 Å². The molecule has 2 aliphatic heterocycles. The molecule has 21 heavy (non-hydrogen) atoms. The Labute approximate surface area is 126 Å². The van der Waals surface area contributed by atoms with Gasteiger partial charge in [0, 0.05) is 25.0 Å². The van der Waals surface area contributed by atoms with E-state index < -0.39 is 10.0 Å². The van der Waals surface area contributed by atoms with Crippen LogP contribution in [0.1, 0.15) is 44.9 Å². The van der Waals surface area contributed by atoms with Crippen molar-refractivity contribution in [2.45, 2.75) is 62.6 Å². The topological polar surface area (TPSA) is 78.1 Å². The number of piperidine rings is 1. The zero-order valence-corrected chi connectivity index (χ0v) is 13.3.